The van der Waals surface area contributed by atoms with Crippen LogP contribution in [0.1, 0.15) is 94.5 Å². The van der Waals surface area contributed by atoms with Crippen molar-refractivity contribution in [2.45, 2.75) is 130 Å². The highest BCUT2D eigenvalue weighted by Crippen LogP contribution is 2.37. The van der Waals surface area contributed by atoms with E-state index in [4.69, 9.17) is 13.6 Å². The van der Waals surface area contributed by atoms with Crippen LogP contribution in [0, 0.1) is 13.8 Å². The summed E-state index contributed by atoms with van der Waals surface area (Å²) in [6.45, 7) is 29.0. The number of halogens is 2. The molecule has 0 saturated heterocycles. The summed E-state index contributed by atoms with van der Waals surface area (Å²) in [6.07, 6.45) is 0.970. The number of aliphatic hydroxyl groups excluding tert-OH is 1. The zero-order valence-corrected chi connectivity index (χ0v) is 33.5. The van der Waals surface area contributed by atoms with E-state index in [0.29, 0.717) is 36.5 Å². The Bertz CT molecular complexity index is 1230. The van der Waals surface area contributed by atoms with Gasteiger partial charge in [-0.3, -0.25) is 9.36 Å². The molecule has 43 heavy (non-hydrogen) atoms. The second-order valence-electron chi connectivity index (χ2n) is 14.3. The van der Waals surface area contributed by atoms with Crippen molar-refractivity contribution in [3.05, 3.63) is 31.7 Å². The summed E-state index contributed by atoms with van der Waals surface area (Å²) in [5.41, 5.74) is 2.58. The fourth-order valence-corrected chi connectivity index (χ4v) is 7.00. The van der Waals surface area contributed by atoms with E-state index in [2.05, 4.69) is 110 Å². The van der Waals surface area contributed by atoms with Crippen LogP contribution in [-0.4, -0.2) is 67.1 Å². The standard InChI is InChI=1S/C30H54Br2N4O5Si2/c1-21-24(31)26(33-35(21)16-13-18-40-42(9,10)29(3,4)5)23(37)15-20-39-28(38)27-25(32)22(2)36(34-27)17-14-19-41-43(11,12)30(6,7)8/h23,37H,13-20H2,1-12H3. The van der Waals surface area contributed by atoms with Crippen LogP contribution in [0.3, 0.4) is 0 Å². The van der Waals surface area contributed by atoms with Crippen LogP contribution in [0.5, 0.6) is 0 Å². The lowest BCUT2D eigenvalue weighted by molar-refractivity contribution is 0.0417. The van der Waals surface area contributed by atoms with E-state index in [1.54, 1.807) is 0 Å². The third kappa shape index (κ3) is 10.1. The molecule has 0 saturated carbocycles. The van der Waals surface area contributed by atoms with Crippen LogP contribution < -0.4 is 0 Å². The lowest BCUT2D eigenvalue weighted by atomic mass is 10.2. The molecule has 1 atom stereocenters. The number of hydrogen-bond donors (Lipinski definition) is 1. The van der Waals surface area contributed by atoms with Crippen molar-refractivity contribution >= 4 is 54.5 Å². The number of nitrogens with zero attached hydrogens (tertiary/aromatic N) is 4. The molecule has 0 bridgehead atoms. The first kappa shape index (κ1) is 38.3. The van der Waals surface area contributed by atoms with Gasteiger partial charge in [-0.1, -0.05) is 41.5 Å². The quantitative estimate of drug-likeness (QED) is 0.111. The molecule has 2 aromatic heterocycles. The molecule has 0 radical (unpaired) electrons. The largest absolute Gasteiger partial charge is 0.461 e. The van der Waals surface area contributed by atoms with Crippen LogP contribution >= 0.6 is 31.9 Å². The van der Waals surface area contributed by atoms with Gasteiger partial charge >= 0.3 is 5.97 Å². The first-order chi connectivity index (χ1) is 19.6. The van der Waals surface area contributed by atoms with Gasteiger partial charge in [0.15, 0.2) is 22.3 Å². The van der Waals surface area contributed by atoms with Crippen LogP contribution in [0.4, 0.5) is 0 Å². The Hall–Kier alpha value is -0.836. The molecule has 2 aromatic rings. The summed E-state index contributed by atoms with van der Waals surface area (Å²) >= 11 is 7.10. The number of aromatic nitrogens is 4. The summed E-state index contributed by atoms with van der Waals surface area (Å²) < 4.78 is 23.2. The predicted molar refractivity (Wildman–Crippen MR) is 185 cm³/mol. The number of aryl methyl sites for hydroxylation is 2. The van der Waals surface area contributed by atoms with Gasteiger partial charge in [-0.05, 0) is 94.8 Å². The lowest BCUT2D eigenvalue weighted by Gasteiger charge is -2.36. The molecule has 13 heteroatoms. The fraction of sp³-hybridized carbons (Fsp3) is 0.767. The Kier molecular flexibility index (Phi) is 13.5. The monoisotopic (exact) mass is 764 g/mol. The highest BCUT2D eigenvalue weighted by molar-refractivity contribution is 9.11. The molecule has 0 aromatic carbocycles. The van der Waals surface area contributed by atoms with Crippen molar-refractivity contribution in [1.82, 2.24) is 19.6 Å². The van der Waals surface area contributed by atoms with Gasteiger partial charge in [0.05, 0.1) is 21.2 Å². The van der Waals surface area contributed by atoms with Gasteiger partial charge in [0.25, 0.3) is 0 Å². The zero-order chi connectivity index (χ0) is 33.0. The first-order valence-corrected chi connectivity index (χ1v) is 22.6. The van der Waals surface area contributed by atoms with E-state index in [-0.39, 0.29) is 28.8 Å². The lowest BCUT2D eigenvalue weighted by Crippen LogP contribution is -2.41. The third-order valence-corrected chi connectivity index (χ3v) is 20.0. The number of aliphatic hydroxyl groups is 1. The average molecular weight is 767 g/mol. The molecule has 2 rings (SSSR count). The van der Waals surface area contributed by atoms with Gasteiger partial charge in [0, 0.05) is 38.4 Å². The van der Waals surface area contributed by atoms with E-state index in [1.807, 2.05) is 23.2 Å². The number of esters is 1. The number of hydrogen-bond acceptors (Lipinski definition) is 7. The Morgan fingerprint density at radius 3 is 1.72 bits per heavy atom. The van der Waals surface area contributed by atoms with Crippen molar-refractivity contribution in [2.75, 3.05) is 19.8 Å². The second-order valence-corrected chi connectivity index (χ2v) is 25.5. The highest BCUT2D eigenvalue weighted by atomic mass is 79.9. The number of carbonyl (C=O) groups excluding carboxylic acids is 1. The summed E-state index contributed by atoms with van der Waals surface area (Å²) in [5.74, 6) is -0.527. The van der Waals surface area contributed by atoms with Crippen LogP contribution in [-0.2, 0) is 26.7 Å². The molecule has 1 N–H and O–H groups in total. The Balaban J connectivity index is 1.88. The molecular weight excluding hydrogens is 712 g/mol. The van der Waals surface area contributed by atoms with E-state index in [1.165, 1.54) is 0 Å². The highest BCUT2D eigenvalue weighted by Gasteiger charge is 2.37. The van der Waals surface area contributed by atoms with Gasteiger partial charge in [-0.2, -0.15) is 10.2 Å². The van der Waals surface area contributed by atoms with Gasteiger partial charge in [-0.25, -0.2) is 4.79 Å². The van der Waals surface area contributed by atoms with Gasteiger partial charge in [0.2, 0.25) is 0 Å². The minimum absolute atomic E-state index is 0.0391. The number of carbonyl (C=O) groups is 1. The molecule has 2 heterocycles. The molecular formula is C30H54Br2N4O5Si2. The SMILES string of the molecule is Cc1c(Br)c(C(=O)OCCC(O)c2nn(CCCO[Si](C)(C)C(C)(C)C)c(C)c2Br)nn1CCCO[Si](C)(C)C(C)(C)C. The molecule has 0 spiro atoms. The van der Waals surface area contributed by atoms with Crippen molar-refractivity contribution in [2.24, 2.45) is 0 Å². The normalized spacial score (nSPS) is 13.9. The van der Waals surface area contributed by atoms with Crippen LogP contribution in [0.15, 0.2) is 8.95 Å². The van der Waals surface area contributed by atoms with Crippen molar-refractivity contribution in [3.8, 4) is 0 Å². The minimum atomic E-state index is -1.80. The topological polar surface area (TPSA) is 101 Å². The molecule has 0 aliphatic heterocycles. The molecule has 246 valence electrons. The maximum atomic E-state index is 12.9. The van der Waals surface area contributed by atoms with Gasteiger partial charge in [0.1, 0.15) is 11.8 Å². The van der Waals surface area contributed by atoms with Gasteiger partial charge < -0.3 is 18.7 Å². The smallest absolute Gasteiger partial charge is 0.360 e. The van der Waals surface area contributed by atoms with E-state index in [9.17, 15) is 9.90 Å². The maximum absolute atomic E-state index is 12.9. The molecule has 0 fully saturated rings. The first-order valence-electron chi connectivity index (χ1n) is 15.2. The van der Waals surface area contributed by atoms with Gasteiger partial charge in [-0.15, -0.1) is 0 Å². The summed E-state index contributed by atoms with van der Waals surface area (Å²) in [4.78, 5) is 12.9. The van der Waals surface area contributed by atoms with Crippen molar-refractivity contribution in [3.63, 3.8) is 0 Å². The minimum Gasteiger partial charge on any atom is -0.461 e. The second kappa shape index (κ2) is 15.2. The van der Waals surface area contributed by atoms with Crippen molar-refractivity contribution in [1.29, 1.82) is 0 Å². The Morgan fingerprint density at radius 1 is 0.814 bits per heavy atom. The molecule has 1 unspecified atom stereocenters. The number of ether oxygens (including phenoxy) is 1. The summed E-state index contributed by atoms with van der Waals surface area (Å²) in [5, 5.41) is 20.3. The van der Waals surface area contributed by atoms with E-state index in [0.717, 1.165) is 28.7 Å². The Labute approximate surface area is 278 Å². The van der Waals surface area contributed by atoms with E-state index >= 15 is 0 Å². The molecule has 0 aliphatic rings. The maximum Gasteiger partial charge on any atom is 0.360 e. The van der Waals surface area contributed by atoms with E-state index < -0.39 is 28.7 Å². The van der Waals surface area contributed by atoms with Crippen LogP contribution in [0.2, 0.25) is 36.3 Å². The third-order valence-electron chi connectivity index (χ3n) is 8.99. The summed E-state index contributed by atoms with van der Waals surface area (Å²) in [7, 11) is -3.59. The average Bonchev–Trinajstić information content (AvgIpc) is 3.33. The van der Waals surface area contributed by atoms with Crippen LogP contribution in [0.25, 0.3) is 0 Å². The zero-order valence-electron chi connectivity index (χ0n) is 28.4. The van der Waals surface area contributed by atoms with Crippen molar-refractivity contribution < 1.29 is 23.5 Å². The molecule has 9 nitrogen and oxygen atoms in total. The summed E-state index contributed by atoms with van der Waals surface area (Å²) in [6, 6.07) is 0. The molecule has 0 amide bonds. The molecule has 0 aliphatic carbocycles. The predicted octanol–water partition coefficient (Wildman–Crippen LogP) is 8.33. The Morgan fingerprint density at radius 2 is 1.26 bits per heavy atom. The number of rotatable bonds is 15. The fourth-order valence-electron chi connectivity index (χ4n) is 3.84.